The van der Waals surface area contributed by atoms with Gasteiger partial charge in [0, 0.05) is 20.1 Å². The first-order valence-electron chi connectivity index (χ1n) is 10.1. The fraction of sp³-hybridized carbons (Fsp3) is 0.947. The van der Waals surface area contributed by atoms with Gasteiger partial charge in [-0.1, -0.05) is 12.8 Å². The number of piperidine rings is 1. The highest BCUT2D eigenvalue weighted by atomic mass is 127. The van der Waals surface area contributed by atoms with Gasteiger partial charge in [-0.2, -0.15) is 0 Å². The van der Waals surface area contributed by atoms with Crippen LogP contribution in [-0.4, -0.2) is 75.7 Å². The van der Waals surface area contributed by atoms with Crippen molar-refractivity contribution in [1.29, 1.82) is 0 Å². The Kier molecular flexibility index (Phi) is 12.9. The maximum absolute atomic E-state index is 4.35. The molecule has 0 aromatic carbocycles. The second-order valence-corrected chi connectivity index (χ2v) is 7.57. The van der Waals surface area contributed by atoms with Crippen LogP contribution in [0.25, 0.3) is 0 Å². The summed E-state index contributed by atoms with van der Waals surface area (Å²) in [5.41, 5.74) is 0. The van der Waals surface area contributed by atoms with E-state index < -0.39 is 0 Å². The molecule has 0 unspecified atom stereocenters. The minimum atomic E-state index is 0. The van der Waals surface area contributed by atoms with Gasteiger partial charge in [0.15, 0.2) is 5.96 Å². The summed E-state index contributed by atoms with van der Waals surface area (Å²) in [6.45, 7) is 8.39. The van der Waals surface area contributed by atoms with Crippen LogP contribution >= 0.6 is 24.0 Å². The summed E-state index contributed by atoms with van der Waals surface area (Å²) in [6, 6.07) is 0. The molecule has 0 aromatic rings. The van der Waals surface area contributed by atoms with Crippen LogP contribution in [0.2, 0.25) is 0 Å². The summed E-state index contributed by atoms with van der Waals surface area (Å²) in [5.74, 6) is 1.86. The molecule has 0 spiro atoms. The summed E-state index contributed by atoms with van der Waals surface area (Å²) < 4.78 is 0. The largest absolute Gasteiger partial charge is 0.356 e. The highest BCUT2D eigenvalue weighted by Gasteiger charge is 2.16. The van der Waals surface area contributed by atoms with Gasteiger partial charge in [0.1, 0.15) is 0 Å². The minimum Gasteiger partial charge on any atom is -0.356 e. The van der Waals surface area contributed by atoms with Gasteiger partial charge in [-0.3, -0.25) is 4.99 Å². The molecule has 2 saturated heterocycles. The molecule has 2 heterocycles. The molecule has 148 valence electrons. The van der Waals surface area contributed by atoms with E-state index in [0.717, 1.165) is 25.0 Å². The summed E-state index contributed by atoms with van der Waals surface area (Å²) in [4.78, 5) is 9.42. The average Bonchev–Trinajstić information content (AvgIpc) is 2.87. The average molecular weight is 465 g/mol. The lowest BCUT2D eigenvalue weighted by atomic mass is 9.94. The van der Waals surface area contributed by atoms with Gasteiger partial charge in [-0.05, 0) is 84.2 Å². The van der Waals surface area contributed by atoms with Crippen molar-refractivity contribution >= 4 is 29.9 Å². The smallest absolute Gasteiger partial charge is 0.190 e. The van der Waals surface area contributed by atoms with Crippen molar-refractivity contribution in [3.05, 3.63) is 0 Å². The standard InChI is InChI=1S/C19H39N5.HI/c1-20-19(22-12-8-18-9-16-23(2)17-10-18)21-11-7-15-24-13-5-3-4-6-14-24;/h18H,3-17H2,1-2H3,(H2,20,21,22);1H. The Morgan fingerprint density at radius 3 is 2.24 bits per heavy atom. The highest BCUT2D eigenvalue weighted by molar-refractivity contribution is 14.0. The summed E-state index contributed by atoms with van der Waals surface area (Å²) in [5, 5.41) is 6.96. The van der Waals surface area contributed by atoms with Crippen molar-refractivity contribution in [2.45, 2.75) is 51.4 Å². The van der Waals surface area contributed by atoms with Gasteiger partial charge >= 0.3 is 0 Å². The van der Waals surface area contributed by atoms with E-state index in [0.29, 0.717) is 0 Å². The lowest BCUT2D eigenvalue weighted by Crippen LogP contribution is -2.40. The van der Waals surface area contributed by atoms with Crippen LogP contribution in [0.3, 0.4) is 0 Å². The van der Waals surface area contributed by atoms with Gasteiger partial charge in [0.2, 0.25) is 0 Å². The Balaban J connectivity index is 0.00000312. The van der Waals surface area contributed by atoms with E-state index in [1.165, 1.54) is 84.1 Å². The van der Waals surface area contributed by atoms with Gasteiger partial charge in [0.25, 0.3) is 0 Å². The zero-order chi connectivity index (χ0) is 17.0. The minimum absolute atomic E-state index is 0. The van der Waals surface area contributed by atoms with Crippen molar-refractivity contribution < 1.29 is 0 Å². The first-order valence-corrected chi connectivity index (χ1v) is 10.1. The normalized spacial score (nSPS) is 21.4. The van der Waals surface area contributed by atoms with Crippen molar-refractivity contribution in [3.8, 4) is 0 Å². The van der Waals surface area contributed by atoms with E-state index in [1.54, 1.807) is 0 Å². The fourth-order valence-corrected chi connectivity index (χ4v) is 3.84. The molecule has 6 heteroatoms. The molecular weight excluding hydrogens is 425 g/mol. The third-order valence-electron chi connectivity index (χ3n) is 5.55. The van der Waals surface area contributed by atoms with Crippen molar-refractivity contribution in [2.75, 3.05) is 59.9 Å². The van der Waals surface area contributed by atoms with Crippen LogP contribution in [-0.2, 0) is 0 Å². The summed E-state index contributed by atoms with van der Waals surface area (Å²) in [6.07, 6.45) is 10.8. The lowest BCUT2D eigenvalue weighted by Gasteiger charge is -2.29. The van der Waals surface area contributed by atoms with E-state index in [2.05, 4.69) is 32.5 Å². The first-order chi connectivity index (χ1) is 11.8. The zero-order valence-electron chi connectivity index (χ0n) is 16.4. The van der Waals surface area contributed by atoms with Gasteiger partial charge in [0.05, 0.1) is 0 Å². The van der Waals surface area contributed by atoms with Crippen LogP contribution in [0, 0.1) is 5.92 Å². The van der Waals surface area contributed by atoms with Gasteiger partial charge in [-0.25, -0.2) is 0 Å². The molecule has 0 radical (unpaired) electrons. The molecule has 0 amide bonds. The molecule has 0 bridgehead atoms. The van der Waals surface area contributed by atoms with Crippen LogP contribution in [0.5, 0.6) is 0 Å². The van der Waals surface area contributed by atoms with Gasteiger partial charge in [-0.15, -0.1) is 24.0 Å². The monoisotopic (exact) mass is 465 g/mol. The predicted octanol–water partition coefficient (Wildman–Crippen LogP) is 2.77. The number of aliphatic imine (C=N–C) groups is 1. The predicted molar refractivity (Wildman–Crippen MR) is 119 cm³/mol. The Labute approximate surface area is 172 Å². The quantitative estimate of drug-likeness (QED) is 0.263. The Hall–Kier alpha value is -0.0800. The van der Waals surface area contributed by atoms with E-state index >= 15 is 0 Å². The fourth-order valence-electron chi connectivity index (χ4n) is 3.84. The third-order valence-corrected chi connectivity index (χ3v) is 5.55. The number of hydrogen-bond acceptors (Lipinski definition) is 3. The molecule has 0 saturated carbocycles. The molecule has 0 aromatic heterocycles. The molecule has 25 heavy (non-hydrogen) atoms. The van der Waals surface area contributed by atoms with Crippen LogP contribution in [0.4, 0.5) is 0 Å². The molecular formula is C19H40IN5. The van der Waals surface area contributed by atoms with Crippen molar-refractivity contribution in [2.24, 2.45) is 10.9 Å². The summed E-state index contributed by atoms with van der Waals surface area (Å²) in [7, 11) is 4.10. The summed E-state index contributed by atoms with van der Waals surface area (Å²) >= 11 is 0. The lowest BCUT2D eigenvalue weighted by molar-refractivity contribution is 0.213. The maximum Gasteiger partial charge on any atom is 0.190 e. The second kappa shape index (κ2) is 14.0. The topological polar surface area (TPSA) is 42.9 Å². The van der Waals surface area contributed by atoms with Crippen molar-refractivity contribution in [1.82, 2.24) is 20.4 Å². The molecule has 5 nitrogen and oxygen atoms in total. The van der Waals surface area contributed by atoms with Crippen LogP contribution in [0.15, 0.2) is 4.99 Å². The second-order valence-electron chi connectivity index (χ2n) is 7.57. The maximum atomic E-state index is 4.35. The Morgan fingerprint density at radius 1 is 0.960 bits per heavy atom. The molecule has 2 N–H and O–H groups in total. The number of halogens is 1. The SMILES string of the molecule is CN=C(NCCCN1CCCCCC1)NCCC1CCN(C)CC1.I. The van der Waals surface area contributed by atoms with Crippen LogP contribution < -0.4 is 10.6 Å². The van der Waals surface area contributed by atoms with Gasteiger partial charge < -0.3 is 20.4 Å². The first kappa shape index (κ1) is 23.0. The number of likely N-dealkylation sites (tertiary alicyclic amines) is 2. The Bertz CT molecular complexity index is 348. The zero-order valence-corrected chi connectivity index (χ0v) is 18.8. The third kappa shape index (κ3) is 9.99. The molecule has 0 atom stereocenters. The number of nitrogens with zero attached hydrogens (tertiary/aromatic N) is 3. The van der Waals surface area contributed by atoms with E-state index in [1.807, 2.05) is 7.05 Å². The number of rotatable bonds is 7. The van der Waals surface area contributed by atoms with Crippen molar-refractivity contribution in [3.63, 3.8) is 0 Å². The number of nitrogens with one attached hydrogen (secondary N) is 2. The Morgan fingerprint density at radius 2 is 1.60 bits per heavy atom. The molecule has 2 aliphatic heterocycles. The highest BCUT2D eigenvalue weighted by Crippen LogP contribution is 2.18. The number of hydrogen-bond donors (Lipinski definition) is 2. The molecule has 2 fully saturated rings. The molecule has 0 aliphatic carbocycles. The van der Waals surface area contributed by atoms with E-state index in [4.69, 9.17) is 0 Å². The number of guanidine groups is 1. The van der Waals surface area contributed by atoms with E-state index in [-0.39, 0.29) is 24.0 Å². The van der Waals surface area contributed by atoms with Crippen LogP contribution in [0.1, 0.15) is 51.4 Å². The van der Waals surface area contributed by atoms with E-state index in [9.17, 15) is 0 Å². The molecule has 2 aliphatic rings. The molecule has 2 rings (SSSR count).